The Balaban J connectivity index is 2.46. The van der Waals surface area contributed by atoms with Crippen molar-refractivity contribution >= 4 is 5.91 Å². The molecule has 1 unspecified atom stereocenters. The first-order valence-electron chi connectivity index (χ1n) is 7.13. The van der Waals surface area contributed by atoms with E-state index in [1.165, 1.54) is 0 Å². The van der Waals surface area contributed by atoms with Gasteiger partial charge < -0.3 is 5.73 Å². The van der Waals surface area contributed by atoms with Crippen LogP contribution < -0.4 is 5.73 Å². The molecular weight excluding hydrogens is 246 g/mol. The molecule has 0 saturated heterocycles. The van der Waals surface area contributed by atoms with E-state index >= 15 is 0 Å². The summed E-state index contributed by atoms with van der Waals surface area (Å²) in [6.45, 7) is 2.09. The van der Waals surface area contributed by atoms with Crippen molar-refractivity contribution in [2.45, 2.75) is 25.7 Å². The normalized spacial score (nSPS) is 12.3. The Hall–Kier alpha value is -2.09. The summed E-state index contributed by atoms with van der Waals surface area (Å²) in [6, 6.07) is 20.3. The molecule has 0 spiro atoms. The fourth-order valence-electron chi connectivity index (χ4n) is 2.76. The maximum atomic E-state index is 11.9. The molecule has 0 fully saturated rings. The van der Waals surface area contributed by atoms with Crippen molar-refractivity contribution in [1.29, 1.82) is 0 Å². The minimum Gasteiger partial charge on any atom is -0.369 e. The highest BCUT2D eigenvalue weighted by molar-refractivity contribution is 5.78. The third-order valence-electron chi connectivity index (χ3n) is 3.68. The molecule has 0 saturated carbocycles. The summed E-state index contributed by atoms with van der Waals surface area (Å²) in [5, 5.41) is 0. The summed E-state index contributed by atoms with van der Waals surface area (Å²) in [6.07, 6.45) is 1.76. The lowest BCUT2D eigenvalue weighted by Gasteiger charge is -2.25. The average Bonchev–Trinajstić information content (AvgIpc) is 2.49. The van der Waals surface area contributed by atoms with Gasteiger partial charge in [-0.1, -0.05) is 74.0 Å². The zero-order valence-electron chi connectivity index (χ0n) is 11.8. The predicted molar refractivity (Wildman–Crippen MR) is 82.3 cm³/mol. The number of amides is 1. The van der Waals surface area contributed by atoms with Crippen LogP contribution in [-0.2, 0) is 4.79 Å². The average molecular weight is 267 g/mol. The van der Waals surface area contributed by atoms with E-state index in [2.05, 4.69) is 31.2 Å². The molecule has 2 aromatic carbocycles. The summed E-state index contributed by atoms with van der Waals surface area (Å²) >= 11 is 0. The van der Waals surface area contributed by atoms with Gasteiger partial charge in [-0.15, -0.1) is 0 Å². The molecule has 2 heteroatoms. The maximum absolute atomic E-state index is 11.9. The molecule has 1 amide bonds. The van der Waals surface area contributed by atoms with E-state index in [9.17, 15) is 4.79 Å². The third kappa shape index (κ3) is 3.27. The van der Waals surface area contributed by atoms with Crippen LogP contribution in [0.3, 0.4) is 0 Å². The standard InChI is InChI=1S/C18H21NO/c1-2-9-16(18(19)20)17(14-10-5-3-6-11-14)15-12-7-4-8-13-15/h3-8,10-13,16-17H,2,9H2,1H3,(H2,19,20). The van der Waals surface area contributed by atoms with Gasteiger partial charge in [0.25, 0.3) is 0 Å². The van der Waals surface area contributed by atoms with Crippen molar-refractivity contribution in [3.63, 3.8) is 0 Å². The monoisotopic (exact) mass is 267 g/mol. The van der Waals surface area contributed by atoms with Crippen molar-refractivity contribution < 1.29 is 4.79 Å². The van der Waals surface area contributed by atoms with Gasteiger partial charge in [0.2, 0.25) is 5.91 Å². The van der Waals surface area contributed by atoms with Crippen LogP contribution in [0.4, 0.5) is 0 Å². The number of rotatable bonds is 6. The Morgan fingerprint density at radius 3 is 1.75 bits per heavy atom. The number of benzene rings is 2. The number of hydrogen-bond donors (Lipinski definition) is 1. The second kappa shape index (κ2) is 6.90. The molecule has 0 heterocycles. The summed E-state index contributed by atoms with van der Waals surface area (Å²) < 4.78 is 0. The molecule has 2 aromatic rings. The van der Waals surface area contributed by atoms with Crippen molar-refractivity contribution in [3.8, 4) is 0 Å². The summed E-state index contributed by atoms with van der Waals surface area (Å²) in [4.78, 5) is 11.9. The number of carbonyl (C=O) groups excluding carboxylic acids is 1. The molecule has 0 aliphatic heterocycles. The molecule has 104 valence electrons. The minimum absolute atomic E-state index is 0.0369. The van der Waals surface area contributed by atoms with Gasteiger partial charge in [0.05, 0.1) is 0 Å². The van der Waals surface area contributed by atoms with E-state index in [0.717, 1.165) is 24.0 Å². The maximum Gasteiger partial charge on any atom is 0.221 e. The first-order valence-corrected chi connectivity index (χ1v) is 7.13. The molecule has 0 aliphatic rings. The van der Waals surface area contributed by atoms with Crippen molar-refractivity contribution in [2.24, 2.45) is 11.7 Å². The number of carbonyl (C=O) groups is 1. The van der Waals surface area contributed by atoms with Crippen LogP contribution in [0.25, 0.3) is 0 Å². The number of hydrogen-bond acceptors (Lipinski definition) is 1. The highest BCUT2D eigenvalue weighted by Gasteiger charge is 2.28. The zero-order valence-corrected chi connectivity index (χ0v) is 11.8. The smallest absolute Gasteiger partial charge is 0.221 e. The van der Waals surface area contributed by atoms with Gasteiger partial charge in [-0.3, -0.25) is 4.79 Å². The Bertz CT molecular complexity index is 496. The number of primary amides is 1. The molecule has 2 nitrogen and oxygen atoms in total. The van der Waals surface area contributed by atoms with E-state index in [-0.39, 0.29) is 17.7 Å². The minimum atomic E-state index is -0.218. The SMILES string of the molecule is CCCC(C(N)=O)C(c1ccccc1)c1ccccc1. The van der Waals surface area contributed by atoms with Crippen LogP contribution in [0.2, 0.25) is 0 Å². The van der Waals surface area contributed by atoms with Crippen LogP contribution in [-0.4, -0.2) is 5.91 Å². The Kier molecular flexibility index (Phi) is 4.94. The molecule has 2 rings (SSSR count). The highest BCUT2D eigenvalue weighted by atomic mass is 16.1. The molecule has 0 aliphatic carbocycles. The van der Waals surface area contributed by atoms with Gasteiger partial charge in [-0.2, -0.15) is 0 Å². The summed E-state index contributed by atoms with van der Waals surface area (Å²) in [7, 11) is 0. The quantitative estimate of drug-likeness (QED) is 0.851. The second-order valence-corrected chi connectivity index (χ2v) is 5.10. The lowest BCUT2D eigenvalue weighted by atomic mass is 9.78. The van der Waals surface area contributed by atoms with E-state index in [1.807, 2.05) is 36.4 Å². The topological polar surface area (TPSA) is 43.1 Å². The van der Waals surface area contributed by atoms with E-state index in [1.54, 1.807) is 0 Å². The van der Waals surface area contributed by atoms with Crippen LogP contribution in [0, 0.1) is 5.92 Å². The van der Waals surface area contributed by atoms with Crippen molar-refractivity contribution in [2.75, 3.05) is 0 Å². The lowest BCUT2D eigenvalue weighted by Crippen LogP contribution is -2.29. The van der Waals surface area contributed by atoms with Gasteiger partial charge >= 0.3 is 0 Å². The van der Waals surface area contributed by atoms with Crippen molar-refractivity contribution in [3.05, 3.63) is 71.8 Å². The van der Waals surface area contributed by atoms with Crippen LogP contribution in [0.5, 0.6) is 0 Å². The van der Waals surface area contributed by atoms with Crippen LogP contribution in [0.15, 0.2) is 60.7 Å². The van der Waals surface area contributed by atoms with E-state index in [0.29, 0.717) is 0 Å². The molecule has 0 bridgehead atoms. The second-order valence-electron chi connectivity index (χ2n) is 5.10. The van der Waals surface area contributed by atoms with Gasteiger partial charge in [-0.05, 0) is 17.5 Å². The van der Waals surface area contributed by atoms with Gasteiger partial charge in [0.1, 0.15) is 0 Å². The predicted octanol–water partition coefficient (Wildman–Crippen LogP) is 3.72. The zero-order chi connectivity index (χ0) is 14.4. The highest BCUT2D eigenvalue weighted by Crippen LogP contribution is 2.34. The summed E-state index contributed by atoms with van der Waals surface area (Å²) in [5.74, 6) is -0.343. The third-order valence-corrected chi connectivity index (χ3v) is 3.68. The van der Waals surface area contributed by atoms with Gasteiger partial charge in [0.15, 0.2) is 0 Å². The Morgan fingerprint density at radius 2 is 1.40 bits per heavy atom. The number of nitrogens with two attached hydrogens (primary N) is 1. The van der Waals surface area contributed by atoms with E-state index in [4.69, 9.17) is 5.73 Å². The van der Waals surface area contributed by atoms with E-state index < -0.39 is 0 Å². The lowest BCUT2D eigenvalue weighted by molar-refractivity contribution is -0.122. The molecule has 20 heavy (non-hydrogen) atoms. The molecule has 0 aromatic heterocycles. The molecule has 0 radical (unpaired) electrons. The summed E-state index contributed by atoms with van der Waals surface area (Å²) in [5.41, 5.74) is 7.96. The van der Waals surface area contributed by atoms with Crippen molar-refractivity contribution in [1.82, 2.24) is 0 Å². The molecule has 2 N–H and O–H groups in total. The largest absolute Gasteiger partial charge is 0.369 e. The van der Waals surface area contributed by atoms with Gasteiger partial charge in [0, 0.05) is 11.8 Å². The first-order chi connectivity index (χ1) is 9.74. The van der Waals surface area contributed by atoms with Gasteiger partial charge in [-0.25, -0.2) is 0 Å². The van der Waals surface area contributed by atoms with Crippen LogP contribution in [0.1, 0.15) is 36.8 Å². The Morgan fingerprint density at radius 1 is 0.950 bits per heavy atom. The molecule has 1 atom stereocenters. The Labute approximate surface area is 120 Å². The molecular formula is C18H21NO. The fourth-order valence-corrected chi connectivity index (χ4v) is 2.76. The first kappa shape index (κ1) is 14.3. The fraction of sp³-hybridized carbons (Fsp3) is 0.278. The van der Waals surface area contributed by atoms with Crippen LogP contribution >= 0.6 is 0 Å².